The zero-order valence-electron chi connectivity index (χ0n) is 14.4. The number of aliphatic carboxylic acids is 1. The molecule has 1 N–H and O–H groups in total. The first kappa shape index (κ1) is 17.2. The van der Waals surface area contributed by atoms with Gasteiger partial charge in [0.2, 0.25) is 5.91 Å². The largest absolute Gasteiger partial charge is 0.481 e. The number of likely N-dealkylation sites (tertiary alicyclic amines) is 2. The van der Waals surface area contributed by atoms with Crippen molar-refractivity contribution in [3.63, 3.8) is 0 Å². The molecule has 8 heteroatoms. The number of carboxylic acids is 1. The van der Waals surface area contributed by atoms with Gasteiger partial charge in [-0.05, 0) is 11.6 Å². The number of amides is 3. The van der Waals surface area contributed by atoms with Crippen molar-refractivity contribution in [2.75, 3.05) is 40.3 Å². The van der Waals surface area contributed by atoms with E-state index in [1.54, 1.807) is 42.4 Å². The van der Waals surface area contributed by atoms with Crippen LogP contribution >= 0.6 is 0 Å². The average Bonchev–Trinajstić information content (AvgIpc) is 3.10. The van der Waals surface area contributed by atoms with Gasteiger partial charge in [0.1, 0.15) is 5.41 Å². The number of rotatable bonds is 3. The Hall–Kier alpha value is -2.64. The fourth-order valence-electron chi connectivity index (χ4n) is 3.78. The van der Waals surface area contributed by atoms with Gasteiger partial charge in [-0.15, -0.1) is 0 Å². The number of fused-ring (bicyclic) bond motifs is 1. The van der Waals surface area contributed by atoms with E-state index in [1.807, 2.05) is 6.07 Å². The Balaban J connectivity index is 1.72. The predicted octanol–water partition coefficient (Wildman–Crippen LogP) is 0.151. The van der Waals surface area contributed by atoms with E-state index in [0.29, 0.717) is 13.1 Å². The van der Waals surface area contributed by atoms with Crippen molar-refractivity contribution in [2.45, 2.75) is 6.42 Å². The van der Waals surface area contributed by atoms with Crippen molar-refractivity contribution in [3.8, 4) is 0 Å². The Bertz CT molecular complexity index is 693. The third kappa shape index (κ3) is 3.04. The number of carboxylic acid groups (broad SMARTS) is 1. The summed E-state index contributed by atoms with van der Waals surface area (Å²) in [6.07, 6.45) is 3.49. The van der Waals surface area contributed by atoms with Gasteiger partial charge in [0.25, 0.3) is 0 Å². The van der Waals surface area contributed by atoms with E-state index >= 15 is 0 Å². The van der Waals surface area contributed by atoms with E-state index < -0.39 is 11.4 Å². The minimum atomic E-state index is -1.07. The summed E-state index contributed by atoms with van der Waals surface area (Å²) in [4.78, 5) is 45.3. The van der Waals surface area contributed by atoms with Gasteiger partial charge in [0, 0.05) is 58.6 Å². The maximum Gasteiger partial charge on any atom is 0.319 e. The molecule has 0 aliphatic carbocycles. The summed E-state index contributed by atoms with van der Waals surface area (Å²) in [5.41, 5.74) is -0.269. The van der Waals surface area contributed by atoms with Crippen molar-refractivity contribution in [1.29, 1.82) is 0 Å². The molecule has 1 aromatic rings. The third-order valence-electron chi connectivity index (χ3n) is 5.12. The van der Waals surface area contributed by atoms with Crippen LogP contribution in [0.2, 0.25) is 0 Å². The number of carbonyl (C=O) groups is 3. The SMILES string of the molecule is CN(C)C(=O)N1C[C@@H]2CN(C(=O)Cc3cccnc3)C[C@]2(C(=O)O)C1. The van der Waals surface area contributed by atoms with Gasteiger partial charge in [-0.25, -0.2) is 4.79 Å². The Morgan fingerprint density at radius 1 is 1.28 bits per heavy atom. The van der Waals surface area contributed by atoms with Gasteiger partial charge in [0.15, 0.2) is 0 Å². The molecule has 2 atom stereocenters. The molecule has 134 valence electrons. The zero-order chi connectivity index (χ0) is 18.2. The highest BCUT2D eigenvalue weighted by molar-refractivity contribution is 5.84. The third-order valence-corrected chi connectivity index (χ3v) is 5.12. The average molecular weight is 346 g/mol. The maximum atomic E-state index is 12.6. The number of hydrogen-bond acceptors (Lipinski definition) is 4. The van der Waals surface area contributed by atoms with Crippen molar-refractivity contribution >= 4 is 17.9 Å². The van der Waals surface area contributed by atoms with Crippen molar-refractivity contribution in [1.82, 2.24) is 19.7 Å². The standard InChI is InChI=1S/C17H22N4O4/c1-19(2)16(25)21-9-13-8-20(10-17(13,11-21)15(23)24)14(22)6-12-4-3-5-18-7-12/h3-5,7,13H,6,8-11H2,1-2H3,(H,23,24)/t13-,17-/m0/s1. The predicted molar refractivity (Wildman–Crippen MR) is 88.7 cm³/mol. The Morgan fingerprint density at radius 2 is 1.96 bits per heavy atom. The van der Waals surface area contributed by atoms with E-state index in [9.17, 15) is 19.5 Å². The Labute approximate surface area is 146 Å². The van der Waals surface area contributed by atoms with Gasteiger partial charge in [-0.3, -0.25) is 14.6 Å². The quantitative estimate of drug-likeness (QED) is 0.841. The van der Waals surface area contributed by atoms with E-state index in [-0.39, 0.29) is 37.4 Å². The number of hydrogen-bond donors (Lipinski definition) is 1. The van der Waals surface area contributed by atoms with Gasteiger partial charge < -0.3 is 19.8 Å². The summed E-state index contributed by atoms with van der Waals surface area (Å²) in [5.74, 6) is -1.29. The molecular weight excluding hydrogens is 324 g/mol. The second kappa shape index (κ2) is 6.34. The highest BCUT2D eigenvalue weighted by atomic mass is 16.4. The molecule has 2 aliphatic rings. The first-order valence-electron chi connectivity index (χ1n) is 8.20. The number of nitrogens with zero attached hydrogens (tertiary/aromatic N) is 4. The lowest BCUT2D eigenvalue weighted by molar-refractivity contribution is -0.149. The fourth-order valence-corrected chi connectivity index (χ4v) is 3.78. The van der Waals surface area contributed by atoms with Crippen LogP contribution in [-0.4, -0.2) is 83.0 Å². The molecule has 8 nitrogen and oxygen atoms in total. The van der Waals surface area contributed by atoms with Crippen LogP contribution in [0.5, 0.6) is 0 Å². The summed E-state index contributed by atoms with van der Waals surface area (Å²) in [6.45, 7) is 1.01. The Kier molecular flexibility index (Phi) is 4.36. The number of pyridine rings is 1. The first-order valence-corrected chi connectivity index (χ1v) is 8.20. The lowest BCUT2D eigenvalue weighted by Crippen LogP contribution is -2.45. The van der Waals surface area contributed by atoms with Crippen LogP contribution in [0.1, 0.15) is 5.56 Å². The molecule has 0 radical (unpaired) electrons. The number of carbonyl (C=O) groups excluding carboxylic acids is 2. The molecule has 0 unspecified atom stereocenters. The monoisotopic (exact) mass is 346 g/mol. The maximum absolute atomic E-state index is 12.6. The first-order chi connectivity index (χ1) is 11.8. The van der Waals surface area contributed by atoms with E-state index in [2.05, 4.69) is 4.98 Å². The molecule has 3 rings (SSSR count). The minimum Gasteiger partial charge on any atom is -0.481 e. The molecule has 1 aromatic heterocycles. The Morgan fingerprint density at radius 3 is 2.52 bits per heavy atom. The molecule has 2 saturated heterocycles. The van der Waals surface area contributed by atoms with Crippen molar-refractivity contribution < 1.29 is 19.5 Å². The molecule has 2 aliphatic heterocycles. The highest BCUT2D eigenvalue weighted by Crippen LogP contribution is 2.43. The molecule has 3 heterocycles. The van der Waals surface area contributed by atoms with Crippen LogP contribution in [0, 0.1) is 11.3 Å². The van der Waals surface area contributed by atoms with Crippen LogP contribution < -0.4 is 0 Å². The van der Waals surface area contributed by atoms with E-state index in [1.165, 1.54) is 4.90 Å². The topological polar surface area (TPSA) is 94.1 Å². The van der Waals surface area contributed by atoms with Gasteiger partial charge in [0.05, 0.1) is 6.42 Å². The van der Waals surface area contributed by atoms with Crippen LogP contribution in [0.25, 0.3) is 0 Å². The molecule has 0 bridgehead atoms. The van der Waals surface area contributed by atoms with E-state index in [4.69, 9.17) is 0 Å². The van der Waals surface area contributed by atoms with Crippen LogP contribution in [0.3, 0.4) is 0 Å². The zero-order valence-corrected chi connectivity index (χ0v) is 14.4. The molecule has 0 saturated carbocycles. The second-order valence-corrected chi connectivity index (χ2v) is 7.03. The van der Waals surface area contributed by atoms with Gasteiger partial charge in [-0.1, -0.05) is 6.07 Å². The summed E-state index contributed by atoms with van der Waals surface area (Å²) >= 11 is 0. The minimum absolute atomic E-state index is 0.103. The van der Waals surface area contributed by atoms with Crippen LogP contribution in [0.4, 0.5) is 4.79 Å². The van der Waals surface area contributed by atoms with E-state index in [0.717, 1.165) is 5.56 Å². The summed E-state index contributed by atoms with van der Waals surface area (Å²) in [5, 5.41) is 9.80. The summed E-state index contributed by atoms with van der Waals surface area (Å²) < 4.78 is 0. The van der Waals surface area contributed by atoms with Crippen molar-refractivity contribution in [3.05, 3.63) is 30.1 Å². The summed E-state index contributed by atoms with van der Waals surface area (Å²) in [7, 11) is 3.29. The normalized spacial score (nSPS) is 25.0. The van der Waals surface area contributed by atoms with Crippen molar-refractivity contribution in [2.24, 2.45) is 11.3 Å². The molecule has 2 fully saturated rings. The second-order valence-electron chi connectivity index (χ2n) is 7.03. The van der Waals surface area contributed by atoms with Gasteiger partial charge in [-0.2, -0.15) is 0 Å². The number of urea groups is 1. The molecular formula is C17H22N4O4. The molecule has 0 aromatic carbocycles. The highest BCUT2D eigenvalue weighted by Gasteiger charge is 2.59. The summed E-state index contributed by atoms with van der Waals surface area (Å²) in [6, 6.07) is 3.40. The number of aromatic nitrogens is 1. The molecule has 0 spiro atoms. The van der Waals surface area contributed by atoms with Crippen LogP contribution in [-0.2, 0) is 16.0 Å². The lowest BCUT2D eigenvalue weighted by atomic mass is 9.81. The van der Waals surface area contributed by atoms with Crippen LogP contribution in [0.15, 0.2) is 24.5 Å². The van der Waals surface area contributed by atoms with Gasteiger partial charge >= 0.3 is 12.0 Å². The smallest absolute Gasteiger partial charge is 0.319 e. The molecule has 3 amide bonds. The fraction of sp³-hybridized carbons (Fsp3) is 0.529. The molecule has 25 heavy (non-hydrogen) atoms. The lowest BCUT2D eigenvalue weighted by Gasteiger charge is -2.27.